The van der Waals surface area contributed by atoms with E-state index in [1.165, 1.54) is 63.2 Å². The van der Waals surface area contributed by atoms with E-state index in [-0.39, 0.29) is 0 Å². The molecule has 3 aliphatic rings. The molecular weight excluding hydrogens is 246 g/mol. The van der Waals surface area contributed by atoms with Crippen LogP contribution in [0.4, 0.5) is 5.69 Å². The second-order valence-electron chi connectivity index (χ2n) is 6.95. The van der Waals surface area contributed by atoms with Gasteiger partial charge in [0.15, 0.2) is 0 Å². The van der Waals surface area contributed by atoms with E-state index in [0.29, 0.717) is 5.41 Å². The lowest BCUT2D eigenvalue weighted by molar-refractivity contribution is 0.148. The molecule has 0 radical (unpaired) electrons. The fourth-order valence-electron chi connectivity index (χ4n) is 3.96. The lowest BCUT2D eigenvalue weighted by Gasteiger charge is -2.38. The van der Waals surface area contributed by atoms with Crippen LogP contribution in [0.5, 0.6) is 0 Å². The minimum absolute atomic E-state index is 0.494. The third-order valence-corrected chi connectivity index (χ3v) is 5.59. The summed E-state index contributed by atoms with van der Waals surface area (Å²) in [7, 11) is 2.22. The first-order chi connectivity index (χ1) is 9.75. The summed E-state index contributed by atoms with van der Waals surface area (Å²) in [6, 6.07) is 7.13. The Morgan fingerprint density at radius 2 is 1.95 bits per heavy atom. The molecule has 1 aromatic carbocycles. The van der Waals surface area contributed by atoms with Crippen LogP contribution in [0, 0.1) is 0 Å². The number of likely N-dealkylation sites (N-methyl/N-ethyl adjacent to an activating group) is 1. The number of nitrogens with one attached hydrogen (secondary N) is 1. The summed E-state index contributed by atoms with van der Waals surface area (Å²) in [5.41, 5.74) is 5.00. The molecule has 20 heavy (non-hydrogen) atoms. The fourth-order valence-corrected chi connectivity index (χ4v) is 3.96. The summed E-state index contributed by atoms with van der Waals surface area (Å²) in [5.74, 6) is 0. The van der Waals surface area contributed by atoms with E-state index in [1.807, 2.05) is 0 Å². The van der Waals surface area contributed by atoms with Gasteiger partial charge in [-0.3, -0.25) is 4.90 Å². The molecule has 0 bridgehead atoms. The summed E-state index contributed by atoms with van der Waals surface area (Å²) in [6.07, 6.45) is 4.17. The van der Waals surface area contributed by atoms with Gasteiger partial charge >= 0.3 is 0 Å². The largest absolute Gasteiger partial charge is 0.384 e. The van der Waals surface area contributed by atoms with Crippen molar-refractivity contribution >= 4 is 5.69 Å². The van der Waals surface area contributed by atoms with Crippen molar-refractivity contribution in [1.29, 1.82) is 0 Å². The molecule has 1 spiro atoms. The van der Waals surface area contributed by atoms with Gasteiger partial charge in [-0.2, -0.15) is 0 Å². The Morgan fingerprint density at radius 3 is 2.65 bits per heavy atom. The lowest BCUT2D eigenvalue weighted by Crippen LogP contribution is -2.43. The molecule has 108 valence electrons. The van der Waals surface area contributed by atoms with Gasteiger partial charge in [0.05, 0.1) is 0 Å². The summed E-state index contributed by atoms with van der Waals surface area (Å²) in [6.45, 7) is 7.11. The van der Waals surface area contributed by atoms with E-state index in [0.717, 1.165) is 6.54 Å². The van der Waals surface area contributed by atoms with Crippen molar-refractivity contribution in [1.82, 2.24) is 9.80 Å². The van der Waals surface area contributed by atoms with Crippen LogP contribution in [-0.2, 0) is 12.0 Å². The van der Waals surface area contributed by atoms with Gasteiger partial charge in [-0.15, -0.1) is 0 Å². The van der Waals surface area contributed by atoms with Crippen LogP contribution in [0.1, 0.15) is 30.4 Å². The molecule has 1 aliphatic carbocycles. The summed E-state index contributed by atoms with van der Waals surface area (Å²) >= 11 is 0. The average Bonchev–Trinajstić information content (AvgIpc) is 2.80. The first-order valence-electron chi connectivity index (χ1n) is 8.03. The predicted octanol–water partition coefficient (Wildman–Crippen LogP) is 2.28. The van der Waals surface area contributed by atoms with E-state index in [9.17, 15) is 0 Å². The molecule has 4 rings (SSSR count). The van der Waals surface area contributed by atoms with Crippen LogP contribution in [-0.4, -0.2) is 49.6 Å². The Kier molecular flexibility index (Phi) is 3.00. The van der Waals surface area contributed by atoms with Crippen LogP contribution in [0.15, 0.2) is 18.2 Å². The second kappa shape index (κ2) is 4.74. The highest BCUT2D eigenvalue weighted by Gasteiger charge is 2.43. The Hall–Kier alpha value is -1.06. The Balaban J connectivity index is 1.51. The number of piperazine rings is 1. The van der Waals surface area contributed by atoms with E-state index in [4.69, 9.17) is 0 Å². The molecule has 0 aromatic heterocycles. The molecule has 1 N–H and O–H groups in total. The average molecular weight is 271 g/mol. The lowest BCUT2D eigenvalue weighted by atomic mass is 9.65. The van der Waals surface area contributed by atoms with Gasteiger partial charge in [0.2, 0.25) is 0 Å². The maximum Gasteiger partial charge on any atom is 0.0379 e. The number of nitrogens with zero attached hydrogens (tertiary/aromatic N) is 2. The number of fused-ring (bicyclic) bond motifs is 2. The molecule has 1 saturated heterocycles. The smallest absolute Gasteiger partial charge is 0.0379 e. The van der Waals surface area contributed by atoms with Crippen molar-refractivity contribution in [3.8, 4) is 0 Å². The molecule has 1 saturated carbocycles. The minimum Gasteiger partial charge on any atom is -0.384 e. The van der Waals surface area contributed by atoms with Gasteiger partial charge in [-0.05, 0) is 37.1 Å². The molecule has 3 heteroatoms. The zero-order valence-corrected chi connectivity index (χ0v) is 12.5. The Bertz CT molecular complexity index is 499. The van der Waals surface area contributed by atoms with Crippen LogP contribution in [0.2, 0.25) is 0 Å². The molecule has 0 amide bonds. The van der Waals surface area contributed by atoms with E-state index in [1.54, 1.807) is 5.56 Å². The molecule has 1 aromatic rings. The highest BCUT2D eigenvalue weighted by atomic mass is 15.2. The van der Waals surface area contributed by atoms with Crippen molar-refractivity contribution in [2.75, 3.05) is 45.1 Å². The van der Waals surface area contributed by atoms with Crippen LogP contribution in [0.3, 0.4) is 0 Å². The van der Waals surface area contributed by atoms with Crippen LogP contribution in [0.25, 0.3) is 0 Å². The standard InChI is InChI=1S/C17H25N3/c1-19-7-9-20(10-8-19)12-14-3-4-16-15(11-14)17(13-18-16)5-2-6-17/h3-4,11,18H,2,5-10,12-13H2,1H3. The van der Waals surface area contributed by atoms with Crippen molar-refractivity contribution in [2.45, 2.75) is 31.2 Å². The number of anilines is 1. The van der Waals surface area contributed by atoms with Crippen LogP contribution < -0.4 is 5.32 Å². The molecule has 2 heterocycles. The minimum atomic E-state index is 0.494. The maximum absolute atomic E-state index is 3.61. The first-order valence-corrected chi connectivity index (χ1v) is 8.03. The zero-order chi connectivity index (χ0) is 13.6. The molecule has 0 atom stereocenters. The van der Waals surface area contributed by atoms with Crippen LogP contribution >= 0.6 is 0 Å². The summed E-state index contributed by atoms with van der Waals surface area (Å²) in [5, 5.41) is 3.61. The number of hydrogen-bond acceptors (Lipinski definition) is 3. The van der Waals surface area contributed by atoms with Gasteiger partial charge in [-0.1, -0.05) is 18.6 Å². The van der Waals surface area contributed by atoms with Crippen molar-refractivity contribution < 1.29 is 0 Å². The van der Waals surface area contributed by atoms with E-state index < -0.39 is 0 Å². The van der Waals surface area contributed by atoms with Gasteiger partial charge in [0.25, 0.3) is 0 Å². The Labute approximate surface area is 121 Å². The van der Waals surface area contributed by atoms with E-state index >= 15 is 0 Å². The van der Waals surface area contributed by atoms with Crippen molar-refractivity contribution in [2.24, 2.45) is 0 Å². The third-order valence-electron chi connectivity index (χ3n) is 5.59. The molecule has 2 aliphatic heterocycles. The van der Waals surface area contributed by atoms with Gasteiger partial charge in [0.1, 0.15) is 0 Å². The van der Waals surface area contributed by atoms with E-state index in [2.05, 4.69) is 40.4 Å². The number of benzene rings is 1. The predicted molar refractivity (Wildman–Crippen MR) is 83.2 cm³/mol. The highest BCUT2D eigenvalue weighted by molar-refractivity contribution is 5.62. The van der Waals surface area contributed by atoms with Gasteiger partial charge in [-0.25, -0.2) is 0 Å². The third kappa shape index (κ3) is 2.04. The quantitative estimate of drug-likeness (QED) is 0.890. The zero-order valence-electron chi connectivity index (χ0n) is 12.5. The molecule has 2 fully saturated rings. The molecule has 0 unspecified atom stereocenters. The van der Waals surface area contributed by atoms with Gasteiger partial charge < -0.3 is 10.2 Å². The van der Waals surface area contributed by atoms with Crippen molar-refractivity contribution in [3.63, 3.8) is 0 Å². The molecule has 3 nitrogen and oxygen atoms in total. The normalized spacial score (nSPS) is 25.2. The number of hydrogen-bond donors (Lipinski definition) is 1. The Morgan fingerprint density at radius 1 is 1.15 bits per heavy atom. The maximum atomic E-state index is 3.61. The second-order valence-corrected chi connectivity index (χ2v) is 6.95. The first kappa shape index (κ1) is 12.7. The highest BCUT2D eigenvalue weighted by Crippen LogP contribution is 2.50. The van der Waals surface area contributed by atoms with Gasteiger partial charge in [0, 0.05) is 50.4 Å². The fraction of sp³-hybridized carbons (Fsp3) is 0.647. The van der Waals surface area contributed by atoms with Crippen molar-refractivity contribution in [3.05, 3.63) is 29.3 Å². The topological polar surface area (TPSA) is 18.5 Å². The summed E-state index contributed by atoms with van der Waals surface area (Å²) in [4.78, 5) is 5.02. The monoisotopic (exact) mass is 271 g/mol. The molecular formula is C17H25N3. The summed E-state index contributed by atoms with van der Waals surface area (Å²) < 4.78 is 0. The SMILES string of the molecule is CN1CCN(Cc2ccc3c(c2)C2(CCC2)CN3)CC1. The number of rotatable bonds is 2.